The Morgan fingerprint density at radius 2 is 1.17 bits per heavy atom. The van der Waals surface area contributed by atoms with E-state index in [0.717, 1.165) is 12.2 Å². The molecule has 9 nitrogen and oxygen atoms in total. The minimum Gasteiger partial charge on any atom is -0.422 e. The van der Waals surface area contributed by atoms with Crippen LogP contribution in [0.2, 0.25) is 0 Å². The third-order valence-electron chi connectivity index (χ3n) is 3.00. The average molecular weight is 432 g/mol. The molecule has 166 valence electrons. The molecule has 0 atom stereocenters. The van der Waals surface area contributed by atoms with Gasteiger partial charge in [-0.15, -0.1) is 0 Å². The molecule has 0 saturated carbocycles. The second kappa shape index (κ2) is 13.8. The van der Waals surface area contributed by atoms with Crippen LogP contribution in [0.25, 0.3) is 0 Å². The summed E-state index contributed by atoms with van der Waals surface area (Å²) >= 11 is 0. The van der Waals surface area contributed by atoms with Gasteiger partial charge in [0.2, 0.25) is 6.29 Å². The third-order valence-corrected chi connectivity index (χ3v) is 3.00. The van der Waals surface area contributed by atoms with E-state index in [1.165, 1.54) is 0 Å². The zero-order chi connectivity index (χ0) is 23.2. The molecular weight excluding hydrogens is 410 g/mol. The fourth-order valence-corrected chi connectivity index (χ4v) is 1.66. The van der Waals surface area contributed by atoms with Crippen LogP contribution in [0, 0.1) is 0 Å². The third kappa shape index (κ3) is 12.2. The van der Waals surface area contributed by atoms with Crippen LogP contribution in [0.1, 0.15) is 19.3 Å². The van der Waals surface area contributed by atoms with Gasteiger partial charge in [-0.05, 0) is 6.42 Å². The molecule has 30 heavy (non-hydrogen) atoms. The molecule has 0 amide bonds. The van der Waals surface area contributed by atoms with Crippen LogP contribution in [0.4, 0.5) is 8.78 Å². The topological polar surface area (TPSA) is 114 Å². The van der Waals surface area contributed by atoms with Crippen molar-refractivity contribution in [1.29, 1.82) is 0 Å². The summed E-state index contributed by atoms with van der Waals surface area (Å²) in [6, 6.07) is 0. The van der Waals surface area contributed by atoms with E-state index in [4.69, 9.17) is 9.47 Å². The SMILES string of the molecule is C=CC(=O)OC(CCCC(F)(F)COC(OC(=O)C=C)OC(=O)C=C)OC(=O)C=C. The van der Waals surface area contributed by atoms with E-state index >= 15 is 0 Å². The average Bonchev–Trinajstić information content (AvgIpc) is 2.71. The van der Waals surface area contributed by atoms with Crippen molar-refractivity contribution in [2.24, 2.45) is 0 Å². The lowest BCUT2D eigenvalue weighted by Crippen LogP contribution is -2.33. The zero-order valence-corrected chi connectivity index (χ0v) is 16.1. The van der Waals surface area contributed by atoms with Gasteiger partial charge in [-0.2, -0.15) is 0 Å². The Kier molecular flexibility index (Phi) is 12.2. The van der Waals surface area contributed by atoms with Gasteiger partial charge in [-0.25, -0.2) is 28.0 Å². The van der Waals surface area contributed by atoms with Gasteiger partial charge in [0, 0.05) is 37.1 Å². The van der Waals surface area contributed by atoms with Crippen LogP contribution in [0.3, 0.4) is 0 Å². The maximum atomic E-state index is 14.0. The van der Waals surface area contributed by atoms with Gasteiger partial charge < -0.3 is 23.7 Å². The van der Waals surface area contributed by atoms with E-state index < -0.39 is 55.6 Å². The van der Waals surface area contributed by atoms with Gasteiger partial charge in [0.1, 0.15) is 6.61 Å². The Morgan fingerprint density at radius 3 is 1.57 bits per heavy atom. The first-order chi connectivity index (χ1) is 14.1. The van der Waals surface area contributed by atoms with Crippen LogP contribution in [0.15, 0.2) is 50.6 Å². The summed E-state index contributed by atoms with van der Waals surface area (Å²) in [5, 5.41) is 0. The van der Waals surface area contributed by atoms with Crippen molar-refractivity contribution in [3.05, 3.63) is 50.6 Å². The molecule has 0 bridgehead atoms. The van der Waals surface area contributed by atoms with Crippen LogP contribution < -0.4 is 0 Å². The van der Waals surface area contributed by atoms with Crippen molar-refractivity contribution >= 4 is 23.9 Å². The largest absolute Gasteiger partial charge is 0.422 e. The molecule has 11 heteroatoms. The Hall–Kier alpha value is -3.34. The van der Waals surface area contributed by atoms with Gasteiger partial charge in [-0.1, -0.05) is 26.3 Å². The Bertz CT molecular complexity index is 629. The summed E-state index contributed by atoms with van der Waals surface area (Å²) in [5.41, 5.74) is 0. The van der Waals surface area contributed by atoms with Crippen molar-refractivity contribution < 1.29 is 51.6 Å². The number of halogens is 2. The van der Waals surface area contributed by atoms with E-state index in [1.807, 2.05) is 0 Å². The molecule has 0 aliphatic carbocycles. The molecule has 0 radical (unpaired) electrons. The molecule has 0 heterocycles. The number of hydrogen-bond donors (Lipinski definition) is 0. The molecule has 0 aliphatic rings. The van der Waals surface area contributed by atoms with E-state index in [9.17, 15) is 28.0 Å². The van der Waals surface area contributed by atoms with Crippen LogP contribution >= 0.6 is 0 Å². The maximum Gasteiger partial charge on any atom is 0.365 e. The second-order valence-corrected chi connectivity index (χ2v) is 5.34. The van der Waals surface area contributed by atoms with Gasteiger partial charge >= 0.3 is 30.4 Å². The predicted molar refractivity (Wildman–Crippen MR) is 97.5 cm³/mol. The summed E-state index contributed by atoms with van der Waals surface area (Å²) in [4.78, 5) is 44.8. The number of esters is 4. The van der Waals surface area contributed by atoms with Crippen LogP contribution in [-0.2, 0) is 42.9 Å². The predicted octanol–water partition coefficient (Wildman–Crippen LogP) is 2.34. The lowest BCUT2D eigenvalue weighted by molar-refractivity contribution is -0.277. The van der Waals surface area contributed by atoms with Crippen molar-refractivity contribution in [2.75, 3.05) is 6.61 Å². The van der Waals surface area contributed by atoms with Crippen molar-refractivity contribution in [3.63, 3.8) is 0 Å². The van der Waals surface area contributed by atoms with E-state index in [0.29, 0.717) is 12.2 Å². The van der Waals surface area contributed by atoms with Crippen molar-refractivity contribution in [1.82, 2.24) is 0 Å². The smallest absolute Gasteiger partial charge is 0.365 e. The quantitative estimate of drug-likeness (QED) is 0.218. The van der Waals surface area contributed by atoms with E-state index in [2.05, 4.69) is 40.5 Å². The molecule has 0 rings (SSSR count). The Balaban J connectivity index is 4.76. The number of carbonyl (C=O) groups excluding carboxylic acids is 4. The standard InChI is InChI=1S/C19H22F2O9/c1-5-13(22)27-17(28-14(23)6-2)10-9-11-19(20,21)12-26-18(29-15(24)7-3)30-16(25)8-4/h5-8,17-18H,1-4,9-12H2. The van der Waals surface area contributed by atoms with Crippen molar-refractivity contribution in [3.8, 4) is 0 Å². The van der Waals surface area contributed by atoms with Gasteiger partial charge in [0.05, 0.1) is 0 Å². The lowest BCUT2D eigenvalue weighted by Gasteiger charge is -2.22. The second-order valence-electron chi connectivity index (χ2n) is 5.34. The highest BCUT2D eigenvalue weighted by atomic mass is 19.3. The summed E-state index contributed by atoms with van der Waals surface area (Å²) in [7, 11) is 0. The minimum absolute atomic E-state index is 0.255. The number of rotatable bonds is 15. The normalized spacial score (nSPS) is 10.7. The van der Waals surface area contributed by atoms with Gasteiger partial charge in [0.15, 0.2) is 0 Å². The summed E-state index contributed by atoms with van der Waals surface area (Å²) in [5.74, 6) is -7.44. The summed E-state index contributed by atoms with van der Waals surface area (Å²) in [6.07, 6.45) is 0.315. The Labute approximate surface area is 171 Å². The molecular formula is C19H22F2O9. The fourth-order valence-electron chi connectivity index (χ4n) is 1.66. The molecule has 0 N–H and O–H groups in total. The first kappa shape index (κ1) is 26.7. The molecule has 0 aliphatic heterocycles. The summed E-state index contributed by atoms with van der Waals surface area (Å²) < 4.78 is 51.2. The minimum atomic E-state index is -3.46. The molecule has 0 aromatic heterocycles. The molecule has 0 saturated heterocycles. The Morgan fingerprint density at radius 1 is 0.767 bits per heavy atom. The first-order valence-corrected chi connectivity index (χ1v) is 8.38. The molecule has 0 aromatic carbocycles. The number of carbonyl (C=O) groups is 4. The molecule has 0 fully saturated rings. The van der Waals surface area contributed by atoms with E-state index in [1.54, 1.807) is 0 Å². The fraction of sp³-hybridized carbons (Fsp3) is 0.368. The highest BCUT2D eigenvalue weighted by molar-refractivity contribution is 5.83. The number of hydrogen-bond acceptors (Lipinski definition) is 9. The highest BCUT2D eigenvalue weighted by Crippen LogP contribution is 2.24. The van der Waals surface area contributed by atoms with Gasteiger partial charge in [0.25, 0.3) is 5.92 Å². The highest BCUT2D eigenvalue weighted by Gasteiger charge is 2.32. The number of ether oxygens (including phenoxy) is 5. The molecule has 0 spiro atoms. The van der Waals surface area contributed by atoms with Crippen molar-refractivity contribution in [2.45, 2.75) is 38.0 Å². The van der Waals surface area contributed by atoms with Gasteiger partial charge in [-0.3, -0.25) is 0 Å². The summed E-state index contributed by atoms with van der Waals surface area (Å²) in [6.45, 7) is 9.24. The number of alkyl halides is 2. The monoisotopic (exact) mass is 432 g/mol. The maximum absolute atomic E-state index is 14.0. The van der Waals surface area contributed by atoms with Crippen LogP contribution in [-0.4, -0.2) is 49.2 Å². The molecule has 0 unspecified atom stereocenters. The first-order valence-electron chi connectivity index (χ1n) is 8.38. The lowest BCUT2D eigenvalue weighted by atomic mass is 10.1. The zero-order valence-electron chi connectivity index (χ0n) is 16.1. The van der Waals surface area contributed by atoms with Crippen LogP contribution in [0.5, 0.6) is 0 Å². The van der Waals surface area contributed by atoms with E-state index in [-0.39, 0.29) is 12.8 Å². The molecule has 0 aromatic rings.